The summed E-state index contributed by atoms with van der Waals surface area (Å²) in [6.07, 6.45) is -0.0988. The number of carbonyl (C=O) groups excluding carboxylic acids is 2. The molecule has 18 heavy (non-hydrogen) atoms. The van der Waals surface area contributed by atoms with Gasteiger partial charge in [0, 0.05) is 6.04 Å². The molecule has 2 unspecified atom stereocenters. The van der Waals surface area contributed by atoms with Crippen LogP contribution in [0.1, 0.15) is 34.1 Å². The Labute approximate surface area is 108 Å². The second kappa shape index (κ2) is 7.20. The van der Waals surface area contributed by atoms with Crippen molar-refractivity contribution in [2.45, 2.75) is 51.9 Å². The Bertz CT molecular complexity index is 274. The number of hydrogen-bond acceptors (Lipinski definition) is 5. The zero-order valence-corrected chi connectivity index (χ0v) is 11.7. The average molecular weight is 261 g/mol. The van der Waals surface area contributed by atoms with Crippen molar-refractivity contribution >= 4 is 12.6 Å². The van der Waals surface area contributed by atoms with Gasteiger partial charge in [-0.1, -0.05) is 0 Å². The number of nitrogens with zero attached hydrogens (tertiary/aromatic N) is 1. The summed E-state index contributed by atoms with van der Waals surface area (Å²) in [6.45, 7) is 8.18. The van der Waals surface area contributed by atoms with Crippen LogP contribution in [0.3, 0.4) is 0 Å². The van der Waals surface area contributed by atoms with Gasteiger partial charge in [-0.05, 0) is 34.1 Å². The minimum absolute atomic E-state index is 0.0693. The standard InChI is InChI=1S/C10H19NO3.C2H4O2/c1-7-5-8(12)6-11(7)9(13)14-10(2,3)4;1-4-2-3/h7-8,12H,5-6H2,1-4H3;2H,1H3. The molecule has 1 N–H and O–H groups in total. The first-order valence-electron chi connectivity index (χ1n) is 5.85. The number of β-amino-alcohol motifs (C(OH)–C–C–N with tert-alkyl or cyclic N) is 1. The molecule has 0 saturated carbocycles. The van der Waals surface area contributed by atoms with E-state index in [1.807, 2.05) is 27.7 Å². The third kappa shape index (κ3) is 6.44. The van der Waals surface area contributed by atoms with Crippen LogP contribution in [-0.4, -0.2) is 54.0 Å². The molecule has 0 bridgehead atoms. The summed E-state index contributed by atoms with van der Waals surface area (Å²) in [6, 6.07) is 0.0693. The Balaban J connectivity index is 0.000000631. The van der Waals surface area contributed by atoms with Gasteiger partial charge in [0.05, 0.1) is 19.8 Å². The SMILES string of the molecule is CC1CC(O)CN1C(=O)OC(C)(C)C.COC=O. The summed E-state index contributed by atoms with van der Waals surface area (Å²) in [4.78, 5) is 22.1. The van der Waals surface area contributed by atoms with Crippen molar-refractivity contribution in [2.75, 3.05) is 13.7 Å². The van der Waals surface area contributed by atoms with Crippen LogP contribution >= 0.6 is 0 Å². The molecule has 6 nitrogen and oxygen atoms in total. The van der Waals surface area contributed by atoms with E-state index in [9.17, 15) is 9.90 Å². The van der Waals surface area contributed by atoms with Crippen LogP contribution in [0.25, 0.3) is 0 Å². The molecular formula is C12H23NO5. The molecule has 0 aromatic rings. The summed E-state index contributed by atoms with van der Waals surface area (Å²) in [7, 11) is 1.31. The molecule has 6 heteroatoms. The minimum Gasteiger partial charge on any atom is -0.471 e. The molecule has 1 aliphatic heterocycles. The number of amides is 1. The summed E-state index contributed by atoms with van der Waals surface area (Å²) in [5.74, 6) is 0. The number of likely N-dealkylation sites (tertiary alicyclic amines) is 1. The zero-order chi connectivity index (χ0) is 14.3. The highest BCUT2D eigenvalue weighted by Gasteiger charge is 2.33. The van der Waals surface area contributed by atoms with Gasteiger partial charge in [-0.2, -0.15) is 0 Å². The van der Waals surface area contributed by atoms with E-state index in [1.54, 1.807) is 4.90 Å². The predicted molar refractivity (Wildman–Crippen MR) is 66.1 cm³/mol. The van der Waals surface area contributed by atoms with E-state index >= 15 is 0 Å². The second-order valence-corrected chi connectivity index (χ2v) is 5.20. The highest BCUT2D eigenvalue weighted by Crippen LogP contribution is 2.20. The first-order chi connectivity index (χ1) is 8.21. The lowest BCUT2D eigenvalue weighted by atomic mass is 10.2. The predicted octanol–water partition coefficient (Wildman–Crippen LogP) is 1.17. The molecule has 1 amide bonds. The Kier molecular flexibility index (Phi) is 6.68. The summed E-state index contributed by atoms with van der Waals surface area (Å²) >= 11 is 0. The second-order valence-electron chi connectivity index (χ2n) is 5.20. The number of aliphatic hydroxyl groups is 1. The number of aliphatic hydroxyl groups excluding tert-OH is 1. The molecule has 0 spiro atoms. The first kappa shape index (κ1) is 16.7. The van der Waals surface area contributed by atoms with Crippen LogP contribution in [0.4, 0.5) is 4.79 Å². The molecule has 1 rings (SSSR count). The van der Waals surface area contributed by atoms with E-state index in [-0.39, 0.29) is 12.1 Å². The maximum absolute atomic E-state index is 11.6. The quantitative estimate of drug-likeness (QED) is 0.717. The molecular weight excluding hydrogens is 238 g/mol. The molecule has 1 aliphatic rings. The van der Waals surface area contributed by atoms with Gasteiger partial charge in [0.1, 0.15) is 5.60 Å². The smallest absolute Gasteiger partial charge is 0.410 e. The third-order valence-electron chi connectivity index (χ3n) is 2.28. The highest BCUT2D eigenvalue weighted by atomic mass is 16.6. The van der Waals surface area contributed by atoms with Gasteiger partial charge in [-0.25, -0.2) is 4.79 Å². The normalized spacial score (nSPS) is 22.9. The van der Waals surface area contributed by atoms with Gasteiger partial charge in [-0.3, -0.25) is 4.79 Å². The lowest BCUT2D eigenvalue weighted by Crippen LogP contribution is -2.39. The Morgan fingerprint density at radius 1 is 1.44 bits per heavy atom. The van der Waals surface area contributed by atoms with Crippen LogP contribution in [0.5, 0.6) is 0 Å². The van der Waals surface area contributed by atoms with E-state index in [2.05, 4.69) is 4.74 Å². The molecule has 0 aromatic heterocycles. The number of rotatable bonds is 1. The van der Waals surface area contributed by atoms with Gasteiger partial charge in [0.2, 0.25) is 0 Å². The topological polar surface area (TPSA) is 76.1 Å². The Morgan fingerprint density at radius 2 is 1.94 bits per heavy atom. The zero-order valence-electron chi connectivity index (χ0n) is 11.7. The van der Waals surface area contributed by atoms with Crippen molar-refractivity contribution in [3.05, 3.63) is 0 Å². The van der Waals surface area contributed by atoms with E-state index in [0.717, 1.165) is 0 Å². The van der Waals surface area contributed by atoms with Crippen LogP contribution in [0, 0.1) is 0 Å². The maximum Gasteiger partial charge on any atom is 0.410 e. The molecule has 1 heterocycles. The van der Waals surface area contributed by atoms with E-state index in [0.29, 0.717) is 19.4 Å². The van der Waals surface area contributed by atoms with Crippen molar-refractivity contribution in [1.82, 2.24) is 4.90 Å². The van der Waals surface area contributed by atoms with Crippen LogP contribution < -0.4 is 0 Å². The summed E-state index contributed by atoms with van der Waals surface area (Å²) < 4.78 is 9.08. The number of ether oxygens (including phenoxy) is 2. The first-order valence-corrected chi connectivity index (χ1v) is 5.85. The molecule has 0 aromatic carbocycles. The summed E-state index contributed by atoms with van der Waals surface area (Å²) in [5, 5.41) is 9.37. The van der Waals surface area contributed by atoms with Crippen molar-refractivity contribution < 1.29 is 24.2 Å². The Morgan fingerprint density at radius 3 is 2.22 bits per heavy atom. The van der Waals surface area contributed by atoms with Crippen LogP contribution in [-0.2, 0) is 14.3 Å². The molecule has 0 radical (unpaired) electrons. The molecule has 2 atom stereocenters. The fourth-order valence-electron chi connectivity index (χ4n) is 1.58. The number of carbonyl (C=O) groups is 2. The molecule has 0 aliphatic carbocycles. The van der Waals surface area contributed by atoms with Gasteiger partial charge in [0.15, 0.2) is 0 Å². The van der Waals surface area contributed by atoms with Crippen molar-refractivity contribution in [1.29, 1.82) is 0 Å². The van der Waals surface area contributed by atoms with Crippen molar-refractivity contribution in [2.24, 2.45) is 0 Å². The lowest BCUT2D eigenvalue weighted by molar-refractivity contribution is -0.126. The van der Waals surface area contributed by atoms with Crippen molar-refractivity contribution in [3.8, 4) is 0 Å². The van der Waals surface area contributed by atoms with Crippen LogP contribution in [0.15, 0.2) is 0 Å². The third-order valence-corrected chi connectivity index (χ3v) is 2.28. The number of methoxy groups -OCH3 is 1. The monoisotopic (exact) mass is 261 g/mol. The van der Waals surface area contributed by atoms with Gasteiger partial charge >= 0.3 is 6.09 Å². The Hall–Kier alpha value is -1.30. The van der Waals surface area contributed by atoms with E-state index < -0.39 is 11.7 Å². The number of hydrogen-bond donors (Lipinski definition) is 1. The highest BCUT2D eigenvalue weighted by molar-refractivity contribution is 5.69. The molecule has 1 saturated heterocycles. The van der Waals surface area contributed by atoms with Gasteiger partial charge < -0.3 is 19.5 Å². The lowest BCUT2D eigenvalue weighted by Gasteiger charge is -2.26. The fourth-order valence-corrected chi connectivity index (χ4v) is 1.58. The minimum atomic E-state index is -0.468. The van der Waals surface area contributed by atoms with Gasteiger partial charge in [0.25, 0.3) is 6.47 Å². The maximum atomic E-state index is 11.6. The molecule has 1 fully saturated rings. The fraction of sp³-hybridized carbons (Fsp3) is 0.833. The largest absolute Gasteiger partial charge is 0.471 e. The molecule has 106 valence electrons. The summed E-state index contributed by atoms with van der Waals surface area (Å²) in [5.41, 5.74) is -0.468. The van der Waals surface area contributed by atoms with Gasteiger partial charge in [-0.15, -0.1) is 0 Å². The van der Waals surface area contributed by atoms with E-state index in [4.69, 9.17) is 9.53 Å². The van der Waals surface area contributed by atoms with Crippen molar-refractivity contribution in [3.63, 3.8) is 0 Å². The van der Waals surface area contributed by atoms with Crippen LogP contribution in [0.2, 0.25) is 0 Å². The average Bonchev–Trinajstić information content (AvgIpc) is 2.56. The van der Waals surface area contributed by atoms with E-state index in [1.165, 1.54) is 7.11 Å².